The Morgan fingerprint density at radius 1 is 1.25 bits per heavy atom. The Bertz CT molecular complexity index is 571. The van der Waals surface area contributed by atoms with E-state index in [0.29, 0.717) is 5.88 Å². The molecule has 0 aliphatic rings. The quantitative estimate of drug-likeness (QED) is 0.812. The van der Waals surface area contributed by atoms with Crippen LogP contribution in [0.2, 0.25) is 0 Å². The van der Waals surface area contributed by atoms with Crippen LogP contribution in [0.25, 0.3) is 17.0 Å². The second kappa shape index (κ2) is 4.99. The fraction of sp³-hybridized carbons (Fsp3) is 0.154. The molecule has 2 aromatic rings. The van der Waals surface area contributed by atoms with Gasteiger partial charge in [-0.2, -0.15) is 0 Å². The van der Waals surface area contributed by atoms with Gasteiger partial charge >= 0.3 is 0 Å². The lowest BCUT2D eigenvalue weighted by atomic mass is 10.1. The number of allylic oxidation sites excluding steroid dienone is 1. The van der Waals surface area contributed by atoms with Gasteiger partial charge in [0.15, 0.2) is 0 Å². The number of nitrogens with one attached hydrogen (secondary N) is 1. The van der Waals surface area contributed by atoms with Crippen molar-refractivity contribution in [2.45, 2.75) is 6.42 Å². The monoisotopic (exact) mass is 233 g/mol. The van der Waals surface area contributed by atoms with Crippen LogP contribution in [-0.4, -0.2) is 10.9 Å². The summed E-state index contributed by atoms with van der Waals surface area (Å²) in [7, 11) is 0. The molecule has 1 N–H and O–H groups in total. The Morgan fingerprint density at radius 2 is 2.12 bits per heavy atom. The number of halogens is 1. The van der Waals surface area contributed by atoms with Crippen LogP contribution in [0.1, 0.15) is 12.0 Å². The molecule has 0 bridgehead atoms. The van der Waals surface area contributed by atoms with E-state index in [4.69, 9.17) is 11.6 Å². The van der Waals surface area contributed by atoms with Gasteiger partial charge in [0, 0.05) is 17.5 Å². The number of rotatable bonds is 3. The van der Waals surface area contributed by atoms with Crippen molar-refractivity contribution in [3.05, 3.63) is 52.3 Å². The first-order chi connectivity index (χ1) is 7.79. The number of hydrogen-bond acceptors (Lipinski definition) is 1. The van der Waals surface area contributed by atoms with E-state index in [2.05, 4.69) is 4.98 Å². The molecule has 0 spiro atoms. The summed E-state index contributed by atoms with van der Waals surface area (Å²) < 4.78 is 0. The van der Waals surface area contributed by atoms with Crippen molar-refractivity contribution >= 4 is 28.6 Å². The van der Waals surface area contributed by atoms with Gasteiger partial charge in [-0.15, -0.1) is 11.6 Å². The first-order valence-corrected chi connectivity index (χ1v) is 5.68. The maximum atomic E-state index is 11.1. The average molecular weight is 234 g/mol. The SMILES string of the molecule is O=c1ccc2cc(/C=C/CCCl)ccc2[nH]1. The minimum atomic E-state index is -0.0714. The molecule has 2 rings (SSSR count). The molecule has 0 saturated heterocycles. The fourth-order valence-corrected chi connectivity index (χ4v) is 1.68. The zero-order valence-electron chi connectivity index (χ0n) is 8.74. The van der Waals surface area contributed by atoms with Crippen molar-refractivity contribution in [1.82, 2.24) is 4.98 Å². The molecule has 0 unspecified atom stereocenters. The second-order valence-electron chi connectivity index (χ2n) is 3.55. The minimum absolute atomic E-state index is 0.0714. The Morgan fingerprint density at radius 3 is 2.94 bits per heavy atom. The van der Waals surface area contributed by atoms with E-state index in [-0.39, 0.29) is 5.56 Å². The molecule has 82 valence electrons. The number of benzene rings is 1. The molecule has 1 aromatic heterocycles. The van der Waals surface area contributed by atoms with Gasteiger partial charge in [0.2, 0.25) is 5.56 Å². The molecular formula is C13H12ClNO. The van der Waals surface area contributed by atoms with E-state index >= 15 is 0 Å². The average Bonchev–Trinajstić information content (AvgIpc) is 2.29. The molecule has 2 nitrogen and oxygen atoms in total. The molecule has 0 aliphatic heterocycles. The van der Waals surface area contributed by atoms with E-state index in [1.54, 1.807) is 0 Å². The predicted molar refractivity (Wildman–Crippen MR) is 68.9 cm³/mol. The van der Waals surface area contributed by atoms with E-state index in [1.807, 2.05) is 36.4 Å². The minimum Gasteiger partial charge on any atom is -0.322 e. The summed E-state index contributed by atoms with van der Waals surface area (Å²) in [5.41, 5.74) is 1.91. The maximum Gasteiger partial charge on any atom is 0.248 e. The summed E-state index contributed by atoms with van der Waals surface area (Å²) in [6.07, 6.45) is 4.94. The van der Waals surface area contributed by atoms with E-state index in [9.17, 15) is 4.79 Å². The predicted octanol–water partition coefficient (Wildman–Crippen LogP) is 3.17. The molecular weight excluding hydrogens is 222 g/mol. The lowest BCUT2D eigenvalue weighted by molar-refractivity contribution is 1.24. The smallest absolute Gasteiger partial charge is 0.248 e. The van der Waals surface area contributed by atoms with Crippen molar-refractivity contribution in [2.75, 3.05) is 5.88 Å². The highest BCUT2D eigenvalue weighted by Gasteiger charge is 1.94. The number of H-pyrrole nitrogens is 1. The standard InChI is InChI=1S/C13H12ClNO/c14-8-2-1-3-10-4-6-12-11(9-10)5-7-13(16)15-12/h1,3-7,9H,2,8H2,(H,15,16)/b3-1+. The first-order valence-electron chi connectivity index (χ1n) is 5.15. The second-order valence-corrected chi connectivity index (χ2v) is 3.93. The van der Waals surface area contributed by atoms with Crippen LogP contribution in [0.5, 0.6) is 0 Å². The Hall–Kier alpha value is -1.54. The highest BCUT2D eigenvalue weighted by molar-refractivity contribution is 6.17. The maximum absolute atomic E-state index is 11.1. The molecule has 0 fully saturated rings. The van der Waals surface area contributed by atoms with Crippen molar-refractivity contribution < 1.29 is 0 Å². The van der Waals surface area contributed by atoms with Crippen molar-refractivity contribution in [3.63, 3.8) is 0 Å². The topological polar surface area (TPSA) is 32.9 Å². The van der Waals surface area contributed by atoms with Crippen LogP contribution in [0.3, 0.4) is 0 Å². The number of alkyl halides is 1. The normalized spacial score (nSPS) is 11.3. The molecule has 16 heavy (non-hydrogen) atoms. The van der Waals surface area contributed by atoms with Crippen LogP contribution in [0.4, 0.5) is 0 Å². The zero-order chi connectivity index (χ0) is 11.4. The lowest BCUT2D eigenvalue weighted by Crippen LogP contribution is -2.01. The molecule has 0 radical (unpaired) electrons. The Labute approximate surface area is 98.6 Å². The third kappa shape index (κ3) is 2.52. The third-order valence-electron chi connectivity index (χ3n) is 2.33. The van der Waals surface area contributed by atoms with Gasteiger partial charge < -0.3 is 4.98 Å². The molecule has 1 aromatic carbocycles. The Kier molecular flexibility index (Phi) is 3.42. The van der Waals surface area contributed by atoms with E-state index in [0.717, 1.165) is 22.9 Å². The summed E-state index contributed by atoms with van der Waals surface area (Å²) in [4.78, 5) is 13.9. The van der Waals surface area contributed by atoms with Gasteiger partial charge in [-0.3, -0.25) is 4.79 Å². The molecule has 0 amide bonds. The summed E-state index contributed by atoms with van der Waals surface area (Å²) >= 11 is 5.59. The Balaban J connectivity index is 2.37. The van der Waals surface area contributed by atoms with Crippen LogP contribution in [0.15, 0.2) is 41.2 Å². The summed E-state index contributed by atoms with van der Waals surface area (Å²) in [6.45, 7) is 0. The summed E-state index contributed by atoms with van der Waals surface area (Å²) in [6, 6.07) is 9.29. The van der Waals surface area contributed by atoms with E-state index < -0.39 is 0 Å². The lowest BCUT2D eigenvalue weighted by Gasteiger charge is -1.98. The van der Waals surface area contributed by atoms with Crippen LogP contribution < -0.4 is 5.56 Å². The molecule has 0 atom stereocenters. The number of aromatic amines is 1. The van der Waals surface area contributed by atoms with Crippen LogP contribution >= 0.6 is 11.6 Å². The van der Waals surface area contributed by atoms with Crippen molar-refractivity contribution in [1.29, 1.82) is 0 Å². The summed E-state index contributed by atoms with van der Waals surface area (Å²) in [5, 5.41) is 1.03. The fourth-order valence-electron chi connectivity index (χ4n) is 1.56. The van der Waals surface area contributed by atoms with Crippen LogP contribution in [-0.2, 0) is 0 Å². The zero-order valence-corrected chi connectivity index (χ0v) is 9.50. The number of fused-ring (bicyclic) bond motifs is 1. The molecule has 0 saturated carbocycles. The number of hydrogen-bond donors (Lipinski definition) is 1. The highest BCUT2D eigenvalue weighted by atomic mass is 35.5. The van der Waals surface area contributed by atoms with Gasteiger partial charge in [-0.25, -0.2) is 0 Å². The van der Waals surface area contributed by atoms with Gasteiger partial charge in [0.25, 0.3) is 0 Å². The van der Waals surface area contributed by atoms with E-state index in [1.165, 1.54) is 6.07 Å². The van der Waals surface area contributed by atoms with Gasteiger partial charge in [0.05, 0.1) is 0 Å². The largest absolute Gasteiger partial charge is 0.322 e. The molecule has 3 heteroatoms. The highest BCUT2D eigenvalue weighted by Crippen LogP contribution is 2.13. The van der Waals surface area contributed by atoms with Crippen molar-refractivity contribution in [2.24, 2.45) is 0 Å². The summed E-state index contributed by atoms with van der Waals surface area (Å²) in [5.74, 6) is 0.636. The van der Waals surface area contributed by atoms with Crippen molar-refractivity contribution in [3.8, 4) is 0 Å². The third-order valence-corrected chi connectivity index (χ3v) is 2.55. The van der Waals surface area contributed by atoms with Gasteiger partial charge in [-0.05, 0) is 35.6 Å². The van der Waals surface area contributed by atoms with Gasteiger partial charge in [-0.1, -0.05) is 18.2 Å². The number of pyridine rings is 1. The molecule has 1 heterocycles. The number of aromatic nitrogens is 1. The van der Waals surface area contributed by atoms with Gasteiger partial charge in [0.1, 0.15) is 0 Å². The molecule has 0 aliphatic carbocycles. The van der Waals surface area contributed by atoms with Crippen LogP contribution in [0, 0.1) is 0 Å². The first kappa shape index (κ1) is 11.0.